The van der Waals surface area contributed by atoms with Crippen LogP contribution in [0.3, 0.4) is 0 Å². The van der Waals surface area contributed by atoms with E-state index in [1.54, 1.807) is 6.20 Å². The lowest BCUT2D eigenvalue weighted by molar-refractivity contribution is 0.0933. The molecule has 1 atom stereocenters. The first-order valence-corrected chi connectivity index (χ1v) is 7.20. The van der Waals surface area contributed by atoms with E-state index < -0.39 is 0 Å². The van der Waals surface area contributed by atoms with Crippen LogP contribution in [0.1, 0.15) is 49.3 Å². The highest BCUT2D eigenvalue weighted by Gasteiger charge is 2.16. The van der Waals surface area contributed by atoms with E-state index in [4.69, 9.17) is 5.11 Å². The molecule has 2 aromatic rings. The summed E-state index contributed by atoms with van der Waals surface area (Å²) in [6.07, 6.45) is 2.27. The van der Waals surface area contributed by atoms with Crippen molar-refractivity contribution in [2.24, 2.45) is 0 Å². The number of carbonyl (C=O) groups is 1. The number of aliphatic hydroxyl groups is 1. The predicted molar refractivity (Wildman–Crippen MR) is 81.3 cm³/mol. The fraction of sp³-hybridized carbons (Fsp3) is 0.533. The Morgan fingerprint density at radius 3 is 2.76 bits per heavy atom. The van der Waals surface area contributed by atoms with E-state index in [0.717, 1.165) is 11.0 Å². The SMILES string of the molecule is Cc1nc2c(cnn2C(C)C)cc1C(=O)NC(C)CCO. The van der Waals surface area contributed by atoms with Crippen molar-refractivity contribution in [3.05, 3.63) is 23.5 Å². The number of pyridine rings is 1. The zero-order chi connectivity index (χ0) is 15.6. The molecule has 0 radical (unpaired) electrons. The normalized spacial score (nSPS) is 12.9. The Morgan fingerprint density at radius 2 is 2.14 bits per heavy atom. The van der Waals surface area contributed by atoms with Crippen molar-refractivity contribution < 1.29 is 9.90 Å². The summed E-state index contributed by atoms with van der Waals surface area (Å²) in [6, 6.07) is 1.97. The maximum Gasteiger partial charge on any atom is 0.253 e. The lowest BCUT2D eigenvalue weighted by Gasteiger charge is -2.14. The number of fused-ring (bicyclic) bond motifs is 1. The molecule has 0 saturated heterocycles. The molecule has 1 unspecified atom stereocenters. The number of hydrogen-bond acceptors (Lipinski definition) is 4. The Kier molecular flexibility index (Phi) is 4.57. The molecule has 2 aromatic heterocycles. The minimum atomic E-state index is -0.167. The second kappa shape index (κ2) is 6.22. The Hall–Kier alpha value is -1.95. The highest BCUT2D eigenvalue weighted by Crippen LogP contribution is 2.19. The maximum absolute atomic E-state index is 12.3. The quantitative estimate of drug-likeness (QED) is 0.880. The van der Waals surface area contributed by atoms with Crippen molar-refractivity contribution in [3.63, 3.8) is 0 Å². The number of nitrogens with one attached hydrogen (secondary N) is 1. The number of carbonyl (C=O) groups excluding carboxylic acids is 1. The molecule has 0 fully saturated rings. The summed E-state index contributed by atoms with van der Waals surface area (Å²) in [5.74, 6) is -0.167. The van der Waals surface area contributed by atoms with Crippen molar-refractivity contribution in [1.82, 2.24) is 20.1 Å². The van der Waals surface area contributed by atoms with Crippen LogP contribution < -0.4 is 5.32 Å². The fourth-order valence-corrected chi connectivity index (χ4v) is 2.24. The van der Waals surface area contributed by atoms with Crippen molar-refractivity contribution in [2.45, 2.75) is 46.2 Å². The van der Waals surface area contributed by atoms with Crippen molar-refractivity contribution >= 4 is 16.9 Å². The smallest absolute Gasteiger partial charge is 0.253 e. The van der Waals surface area contributed by atoms with Gasteiger partial charge in [0, 0.05) is 24.1 Å². The molecule has 0 aromatic carbocycles. The van der Waals surface area contributed by atoms with Gasteiger partial charge in [0.05, 0.1) is 17.5 Å². The van der Waals surface area contributed by atoms with Crippen LogP contribution in [-0.2, 0) is 0 Å². The van der Waals surface area contributed by atoms with E-state index in [-0.39, 0.29) is 24.6 Å². The van der Waals surface area contributed by atoms with Gasteiger partial charge in [-0.3, -0.25) is 4.79 Å². The molecule has 0 aliphatic heterocycles. The van der Waals surface area contributed by atoms with Gasteiger partial charge in [0.1, 0.15) is 0 Å². The number of hydrogen-bond donors (Lipinski definition) is 2. The Labute approximate surface area is 124 Å². The van der Waals surface area contributed by atoms with Crippen LogP contribution in [0.4, 0.5) is 0 Å². The number of rotatable bonds is 5. The van der Waals surface area contributed by atoms with Crippen LogP contribution in [0.25, 0.3) is 11.0 Å². The summed E-state index contributed by atoms with van der Waals surface area (Å²) in [5, 5.41) is 16.9. The maximum atomic E-state index is 12.3. The lowest BCUT2D eigenvalue weighted by atomic mass is 10.1. The lowest BCUT2D eigenvalue weighted by Crippen LogP contribution is -2.33. The number of aryl methyl sites for hydroxylation is 1. The van der Waals surface area contributed by atoms with Gasteiger partial charge in [0.25, 0.3) is 5.91 Å². The van der Waals surface area contributed by atoms with Crippen LogP contribution in [-0.4, -0.2) is 38.4 Å². The molecule has 0 aliphatic carbocycles. The van der Waals surface area contributed by atoms with E-state index in [9.17, 15) is 4.79 Å². The molecule has 1 amide bonds. The number of amides is 1. The van der Waals surface area contributed by atoms with Crippen molar-refractivity contribution in [1.29, 1.82) is 0 Å². The number of aliphatic hydroxyl groups excluding tert-OH is 1. The average molecular weight is 290 g/mol. The molecule has 2 N–H and O–H groups in total. The largest absolute Gasteiger partial charge is 0.396 e. The van der Waals surface area contributed by atoms with Gasteiger partial charge in [-0.1, -0.05) is 0 Å². The van der Waals surface area contributed by atoms with Gasteiger partial charge < -0.3 is 10.4 Å². The predicted octanol–water partition coefficient (Wildman–Crippen LogP) is 1.82. The van der Waals surface area contributed by atoms with E-state index in [1.165, 1.54) is 0 Å². The zero-order valence-electron chi connectivity index (χ0n) is 12.9. The van der Waals surface area contributed by atoms with Gasteiger partial charge in [-0.15, -0.1) is 0 Å². The molecule has 0 aliphatic rings. The third-order valence-corrected chi connectivity index (χ3v) is 3.43. The summed E-state index contributed by atoms with van der Waals surface area (Å²) >= 11 is 0. The summed E-state index contributed by atoms with van der Waals surface area (Å²) in [7, 11) is 0. The van der Waals surface area contributed by atoms with E-state index in [2.05, 4.69) is 15.4 Å². The first kappa shape index (κ1) is 15.4. The third kappa shape index (κ3) is 3.21. The van der Waals surface area contributed by atoms with Crippen molar-refractivity contribution in [3.8, 4) is 0 Å². The molecule has 0 saturated carbocycles. The van der Waals surface area contributed by atoms with Crippen LogP contribution in [0, 0.1) is 6.92 Å². The summed E-state index contributed by atoms with van der Waals surface area (Å²) in [6.45, 7) is 7.83. The monoisotopic (exact) mass is 290 g/mol. The molecular weight excluding hydrogens is 268 g/mol. The van der Waals surface area contributed by atoms with Crippen molar-refractivity contribution in [2.75, 3.05) is 6.61 Å². The summed E-state index contributed by atoms with van der Waals surface area (Å²) in [4.78, 5) is 16.8. The van der Waals surface area contributed by atoms with Gasteiger partial charge in [0.15, 0.2) is 5.65 Å². The fourth-order valence-electron chi connectivity index (χ4n) is 2.24. The molecule has 2 heterocycles. The molecular formula is C15H22N4O2. The first-order chi connectivity index (χ1) is 9.93. The topological polar surface area (TPSA) is 80.0 Å². The minimum absolute atomic E-state index is 0.0544. The zero-order valence-corrected chi connectivity index (χ0v) is 12.9. The third-order valence-electron chi connectivity index (χ3n) is 3.43. The molecule has 6 nitrogen and oxygen atoms in total. The number of aromatic nitrogens is 3. The standard InChI is InChI=1S/C15H22N4O2/c1-9(2)19-14-12(8-16-19)7-13(11(4)18-14)15(21)17-10(3)5-6-20/h7-10,20H,5-6H2,1-4H3,(H,17,21). The van der Waals surface area contributed by atoms with Gasteiger partial charge in [0.2, 0.25) is 0 Å². The van der Waals surface area contributed by atoms with Crippen LogP contribution >= 0.6 is 0 Å². The number of nitrogens with zero attached hydrogens (tertiary/aromatic N) is 3. The van der Waals surface area contributed by atoms with Gasteiger partial charge in [-0.2, -0.15) is 5.10 Å². The molecule has 114 valence electrons. The van der Waals surface area contributed by atoms with Gasteiger partial charge in [-0.25, -0.2) is 9.67 Å². The highest BCUT2D eigenvalue weighted by molar-refractivity contribution is 5.98. The average Bonchev–Trinajstić information content (AvgIpc) is 2.80. The van der Waals surface area contributed by atoms with E-state index in [0.29, 0.717) is 17.7 Å². The second-order valence-corrected chi connectivity index (χ2v) is 5.60. The molecule has 0 spiro atoms. The molecule has 2 rings (SSSR count). The van der Waals surface area contributed by atoms with Crippen LogP contribution in [0.2, 0.25) is 0 Å². The van der Waals surface area contributed by atoms with Crippen LogP contribution in [0.15, 0.2) is 12.3 Å². The van der Waals surface area contributed by atoms with Gasteiger partial charge >= 0.3 is 0 Å². The highest BCUT2D eigenvalue weighted by atomic mass is 16.3. The Bertz CT molecular complexity index is 648. The molecule has 0 bridgehead atoms. The van der Waals surface area contributed by atoms with E-state index >= 15 is 0 Å². The Morgan fingerprint density at radius 1 is 1.43 bits per heavy atom. The first-order valence-electron chi connectivity index (χ1n) is 7.20. The minimum Gasteiger partial charge on any atom is -0.396 e. The molecule has 6 heteroatoms. The van der Waals surface area contributed by atoms with Crippen LogP contribution in [0.5, 0.6) is 0 Å². The van der Waals surface area contributed by atoms with Gasteiger partial charge in [-0.05, 0) is 40.2 Å². The second-order valence-electron chi connectivity index (χ2n) is 5.60. The molecule has 21 heavy (non-hydrogen) atoms. The summed E-state index contributed by atoms with van der Waals surface area (Å²) < 4.78 is 1.85. The van der Waals surface area contributed by atoms with E-state index in [1.807, 2.05) is 38.4 Å². The summed E-state index contributed by atoms with van der Waals surface area (Å²) in [5.41, 5.74) is 2.02. The Balaban J connectivity index is 2.33.